The second-order valence-corrected chi connectivity index (χ2v) is 6.84. The number of carbonyl (C=O) groups is 3. The number of thiazole rings is 1. The average molecular weight is 374 g/mol. The summed E-state index contributed by atoms with van der Waals surface area (Å²) in [5.74, 6) is -0.761. The molecule has 3 aromatic rings. The number of ketones is 2. The third kappa shape index (κ3) is 3.00. The molecule has 4 rings (SSSR count). The smallest absolute Gasteiger partial charge is 0.230 e. The quantitative estimate of drug-likeness (QED) is 0.507. The van der Waals surface area contributed by atoms with Gasteiger partial charge in [-0.25, -0.2) is 4.98 Å². The van der Waals surface area contributed by atoms with Gasteiger partial charge in [0, 0.05) is 23.4 Å². The molecule has 0 radical (unpaired) electrons. The summed E-state index contributed by atoms with van der Waals surface area (Å²) < 4.78 is 0. The van der Waals surface area contributed by atoms with Crippen molar-refractivity contribution in [1.82, 2.24) is 4.98 Å². The second kappa shape index (κ2) is 6.74. The lowest BCUT2D eigenvalue weighted by atomic mass is 10.1. The van der Waals surface area contributed by atoms with E-state index in [4.69, 9.17) is 0 Å². The summed E-state index contributed by atoms with van der Waals surface area (Å²) in [6.45, 7) is 1.47. The Morgan fingerprint density at radius 3 is 2.15 bits per heavy atom. The SMILES string of the molecule is CC(=O)N(c1ccccc1)c1nc(C=C2C(=O)c3ccccc3C2=O)cs1. The summed E-state index contributed by atoms with van der Waals surface area (Å²) in [5.41, 5.74) is 2.11. The van der Waals surface area contributed by atoms with Gasteiger partial charge in [-0.2, -0.15) is 0 Å². The highest BCUT2D eigenvalue weighted by Gasteiger charge is 2.32. The standard InChI is InChI=1S/C21H14N2O3S/c1-13(24)23(15-7-3-2-4-8-15)21-22-14(12-27-21)11-18-19(25)16-9-5-6-10-17(16)20(18)26/h2-12H,1H3. The minimum absolute atomic E-state index is 0.0992. The Balaban J connectivity index is 1.69. The molecule has 0 aliphatic heterocycles. The summed E-state index contributed by atoms with van der Waals surface area (Å²) in [7, 11) is 0. The van der Waals surface area contributed by atoms with E-state index in [1.807, 2.05) is 30.3 Å². The summed E-state index contributed by atoms with van der Waals surface area (Å²) in [4.78, 5) is 43.1. The van der Waals surface area contributed by atoms with Crippen molar-refractivity contribution in [2.45, 2.75) is 6.92 Å². The van der Waals surface area contributed by atoms with E-state index in [0.717, 1.165) is 0 Å². The molecule has 0 atom stereocenters. The zero-order chi connectivity index (χ0) is 19.0. The maximum Gasteiger partial charge on any atom is 0.230 e. The van der Waals surface area contributed by atoms with Crippen molar-refractivity contribution in [2.24, 2.45) is 0 Å². The molecule has 1 heterocycles. The van der Waals surface area contributed by atoms with Crippen LogP contribution in [0.2, 0.25) is 0 Å². The van der Waals surface area contributed by atoms with Gasteiger partial charge in [0.15, 0.2) is 16.7 Å². The Morgan fingerprint density at radius 2 is 1.56 bits per heavy atom. The Bertz CT molecular complexity index is 1060. The van der Waals surface area contributed by atoms with Crippen molar-refractivity contribution in [3.8, 4) is 0 Å². The number of amides is 1. The largest absolute Gasteiger partial charge is 0.288 e. The zero-order valence-electron chi connectivity index (χ0n) is 14.4. The Labute approximate surface area is 159 Å². The fourth-order valence-corrected chi connectivity index (χ4v) is 3.84. The van der Waals surface area contributed by atoms with Crippen LogP contribution in [0.25, 0.3) is 6.08 Å². The normalized spacial score (nSPS) is 12.9. The van der Waals surface area contributed by atoms with Crippen LogP contribution in [0.15, 0.2) is 65.6 Å². The number of Topliss-reactive ketones (excluding diaryl/α,β-unsaturated/α-hetero) is 2. The number of anilines is 2. The van der Waals surface area contributed by atoms with Crippen LogP contribution in [0.1, 0.15) is 33.3 Å². The van der Waals surface area contributed by atoms with Gasteiger partial charge in [-0.05, 0) is 18.2 Å². The molecule has 6 heteroatoms. The number of nitrogens with zero attached hydrogens (tertiary/aromatic N) is 2. The van der Waals surface area contributed by atoms with Crippen LogP contribution in [0.4, 0.5) is 10.8 Å². The third-order valence-corrected chi connectivity index (χ3v) is 5.07. The Morgan fingerprint density at radius 1 is 0.963 bits per heavy atom. The highest BCUT2D eigenvalue weighted by Crippen LogP contribution is 2.31. The van der Waals surface area contributed by atoms with E-state index in [2.05, 4.69) is 4.98 Å². The molecule has 0 saturated heterocycles. The van der Waals surface area contributed by atoms with E-state index in [9.17, 15) is 14.4 Å². The molecule has 0 unspecified atom stereocenters. The van der Waals surface area contributed by atoms with Crippen molar-refractivity contribution in [3.05, 3.63) is 82.4 Å². The maximum atomic E-state index is 12.5. The van der Waals surface area contributed by atoms with E-state index >= 15 is 0 Å². The number of benzene rings is 2. The summed E-state index contributed by atoms with van der Waals surface area (Å²) >= 11 is 1.28. The van der Waals surface area contributed by atoms with Crippen LogP contribution < -0.4 is 4.90 Å². The molecule has 0 N–H and O–H groups in total. The molecule has 0 fully saturated rings. The Hall–Kier alpha value is -3.38. The van der Waals surface area contributed by atoms with Gasteiger partial charge in [-0.15, -0.1) is 11.3 Å². The maximum absolute atomic E-state index is 12.5. The van der Waals surface area contributed by atoms with Crippen molar-refractivity contribution >= 4 is 45.7 Å². The van der Waals surface area contributed by atoms with Crippen LogP contribution in [0, 0.1) is 0 Å². The summed E-state index contributed by atoms with van der Waals surface area (Å²) in [6, 6.07) is 16.0. The lowest BCUT2D eigenvalue weighted by Crippen LogP contribution is -2.22. The highest BCUT2D eigenvalue weighted by atomic mass is 32.1. The van der Waals surface area contributed by atoms with Crippen LogP contribution in [0.3, 0.4) is 0 Å². The van der Waals surface area contributed by atoms with E-state index < -0.39 is 0 Å². The van der Waals surface area contributed by atoms with Crippen molar-refractivity contribution < 1.29 is 14.4 Å². The zero-order valence-corrected chi connectivity index (χ0v) is 15.2. The monoisotopic (exact) mass is 374 g/mol. The Kier molecular flexibility index (Phi) is 4.25. The fourth-order valence-electron chi connectivity index (χ4n) is 3.00. The molecular weight excluding hydrogens is 360 g/mol. The first-order valence-corrected chi connectivity index (χ1v) is 9.15. The molecule has 1 aromatic heterocycles. The first kappa shape index (κ1) is 17.1. The fraction of sp³-hybridized carbons (Fsp3) is 0.0476. The minimum Gasteiger partial charge on any atom is -0.288 e. The van der Waals surface area contributed by atoms with E-state index in [1.54, 1.807) is 29.6 Å². The highest BCUT2D eigenvalue weighted by molar-refractivity contribution is 7.14. The first-order chi connectivity index (χ1) is 13.1. The van der Waals surface area contributed by atoms with Crippen LogP contribution in [0.5, 0.6) is 0 Å². The van der Waals surface area contributed by atoms with Crippen molar-refractivity contribution in [2.75, 3.05) is 4.90 Å². The van der Waals surface area contributed by atoms with Gasteiger partial charge in [0.25, 0.3) is 0 Å². The number of rotatable bonds is 3. The number of para-hydroxylation sites is 1. The number of hydrogen-bond acceptors (Lipinski definition) is 5. The third-order valence-electron chi connectivity index (χ3n) is 4.23. The number of aromatic nitrogens is 1. The molecule has 132 valence electrons. The van der Waals surface area contributed by atoms with Gasteiger partial charge in [0.2, 0.25) is 5.91 Å². The molecule has 2 aromatic carbocycles. The summed E-state index contributed by atoms with van der Waals surface area (Å²) in [5, 5.41) is 2.21. The second-order valence-electron chi connectivity index (χ2n) is 6.01. The van der Waals surface area contributed by atoms with Crippen LogP contribution in [-0.2, 0) is 4.79 Å². The lowest BCUT2D eigenvalue weighted by Gasteiger charge is -2.17. The lowest BCUT2D eigenvalue weighted by molar-refractivity contribution is -0.115. The van der Waals surface area contributed by atoms with Gasteiger partial charge < -0.3 is 0 Å². The van der Waals surface area contributed by atoms with E-state index in [1.165, 1.54) is 29.2 Å². The average Bonchev–Trinajstić information content (AvgIpc) is 3.22. The molecular formula is C21H14N2O3S. The van der Waals surface area contributed by atoms with E-state index in [0.29, 0.717) is 27.6 Å². The summed E-state index contributed by atoms with van der Waals surface area (Å²) in [6.07, 6.45) is 1.49. The van der Waals surface area contributed by atoms with Gasteiger partial charge in [-0.3, -0.25) is 19.3 Å². The van der Waals surface area contributed by atoms with Crippen LogP contribution >= 0.6 is 11.3 Å². The molecule has 1 amide bonds. The van der Waals surface area contributed by atoms with Gasteiger partial charge >= 0.3 is 0 Å². The number of carbonyl (C=O) groups excluding carboxylic acids is 3. The molecule has 0 spiro atoms. The molecule has 1 aliphatic rings. The molecule has 5 nitrogen and oxygen atoms in total. The predicted octanol–water partition coefficient (Wildman–Crippen LogP) is 4.29. The van der Waals surface area contributed by atoms with Crippen molar-refractivity contribution in [1.29, 1.82) is 0 Å². The van der Waals surface area contributed by atoms with E-state index in [-0.39, 0.29) is 23.0 Å². The van der Waals surface area contributed by atoms with Crippen molar-refractivity contribution in [3.63, 3.8) is 0 Å². The molecule has 1 aliphatic carbocycles. The molecule has 0 bridgehead atoms. The van der Waals surface area contributed by atoms with Crippen LogP contribution in [-0.4, -0.2) is 22.5 Å². The molecule has 0 saturated carbocycles. The number of fused-ring (bicyclic) bond motifs is 1. The van der Waals surface area contributed by atoms with Gasteiger partial charge in [0.05, 0.1) is 17.0 Å². The van der Waals surface area contributed by atoms with Gasteiger partial charge in [0.1, 0.15) is 0 Å². The van der Waals surface area contributed by atoms with Gasteiger partial charge in [-0.1, -0.05) is 42.5 Å². The first-order valence-electron chi connectivity index (χ1n) is 8.27. The molecule has 27 heavy (non-hydrogen) atoms. The number of hydrogen-bond donors (Lipinski definition) is 0. The topological polar surface area (TPSA) is 67.3 Å². The number of allylic oxidation sites excluding steroid dienone is 1. The predicted molar refractivity (Wildman–Crippen MR) is 104 cm³/mol. The minimum atomic E-state index is -0.295.